The first-order valence-electron chi connectivity index (χ1n) is 14.8. The molecule has 0 bridgehead atoms. The van der Waals surface area contributed by atoms with Crippen LogP contribution in [-0.4, -0.2) is 94.5 Å². The highest BCUT2D eigenvalue weighted by Crippen LogP contribution is 2.42. The Morgan fingerprint density at radius 2 is 1.52 bits per heavy atom. The third kappa shape index (κ3) is 6.86. The van der Waals surface area contributed by atoms with E-state index in [0.29, 0.717) is 24.8 Å². The van der Waals surface area contributed by atoms with Gasteiger partial charge >= 0.3 is 6.03 Å². The van der Waals surface area contributed by atoms with Crippen molar-refractivity contribution in [2.24, 2.45) is 0 Å². The number of benzene rings is 3. The van der Waals surface area contributed by atoms with E-state index in [1.165, 1.54) is 5.56 Å². The fourth-order valence-electron chi connectivity index (χ4n) is 5.92. The Balaban J connectivity index is 1.41. The van der Waals surface area contributed by atoms with Gasteiger partial charge in [-0.15, -0.1) is 0 Å². The number of hydrogen-bond donors (Lipinski definition) is 3. The minimum Gasteiger partial charge on any atom is -0.389 e. The van der Waals surface area contributed by atoms with Crippen LogP contribution in [0, 0.1) is 18.8 Å². The fraction of sp³-hybridized carbons (Fsp3) is 0.400. The number of amides is 2. The lowest BCUT2D eigenvalue weighted by Crippen LogP contribution is -2.72. The van der Waals surface area contributed by atoms with Gasteiger partial charge in [0.15, 0.2) is 0 Å². The highest BCUT2D eigenvalue weighted by atomic mass is 16.3. The van der Waals surface area contributed by atoms with Crippen molar-refractivity contribution < 1.29 is 15.0 Å². The van der Waals surface area contributed by atoms with Gasteiger partial charge in [-0.1, -0.05) is 59.9 Å². The molecule has 3 aromatic carbocycles. The molecular formula is C35H42N4O3. The molecule has 2 saturated heterocycles. The van der Waals surface area contributed by atoms with E-state index < -0.39 is 12.2 Å². The van der Waals surface area contributed by atoms with E-state index in [9.17, 15) is 15.0 Å². The number of hydrogen-bond acceptors (Lipinski definition) is 5. The Bertz CT molecular complexity index is 1400. The topological polar surface area (TPSA) is 79.3 Å². The molecule has 2 fully saturated rings. The second kappa shape index (κ2) is 13.1. The number of likely N-dealkylation sites (N-methyl/N-ethyl adjacent to an activating group) is 1. The molecule has 5 rings (SSSR count). The van der Waals surface area contributed by atoms with Crippen LogP contribution in [0.15, 0.2) is 78.9 Å². The van der Waals surface area contributed by atoms with Gasteiger partial charge in [0.1, 0.15) is 0 Å². The van der Waals surface area contributed by atoms with Crippen molar-refractivity contribution in [2.45, 2.75) is 57.0 Å². The molecule has 0 saturated carbocycles. The van der Waals surface area contributed by atoms with E-state index in [1.807, 2.05) is 61.5 Å². The van der Waals surface area contributed by atoms with E-state index in [1.54, 1.807) is 4.90 Å². The fourth-order valence-corrected chi connectivity index (χ4v) is 5.92. The van der Waals surface area contributed by atoms with Gasteiger partial charge in [-0.05, 0) is 69.8 Å². The van der Waals surface area contributed by atoms with E-state index in [4.69, 9.17) is 0 Å². The molecule has 0 aliphatic carbocycles. The van der Waals surface area contributed by atoms with E-state index in [0.717, 1.165) is 23.2 Å². The van der Waals surface area contributed by atoms with Crippen LogP contribution in [0.3, 0.4) is 0 Å². The molecule has 220 valence electrons. The minimum absolute atomic E-state index is 0.00253. The van der Waals surface area contributed by atoms with Crippen molar-refractivity contribution >= 4 is 11.7 Å². The van der Waals surface area contributed by atoms with Crippen LogP contribution in [0.1, 0.15) is 42.0 Å². The quantitative estimate of drug-likeness (QED) is 0.405. The normalized spacial score (nSPS) is 24.2. The zero-order valence-corrected chi connectivity index (χ0v) is 24.9. The summed E-state index contributed by atoms with van der Waals surface area (Å²) in [6, 6.07) is 26.3. The Labute approximate surface area is 249 Å². The molecule has 3 N–H and O–H groups in total. The number of urea groups is 1. The first-order chi connectivity index (χ1) is 20.2. The number of fused-ring (bicyclic) bond motifs is 1. The molecule has 5 atom stereocenters. The van der Waals surface area contributed by atoms with E-state index in [2.05, 4.69) is 72.1 Å². The number of aryl methyl sites for hydroxylation is 1. The number of rotatable bonds is 5. The van der Waals surface area contributed by atoms with Crippen LogP contribution in [0.4, 0.5) is 10.5 Å². The Kier molecular flexibility index (Phi) is 9.30. The smallest absolute Gasteiger partial charge is 0.321 e. The summed E-state index contributed by atoms with van der Waals surface area (Å²) in [5, 5.41) is 24.7. The van der Waals surface area contributed by atoms with Gasteiger partial charge in [-0.2, -0.15) is 0 Å². The van der Waals surface area contributed by atoms with Crippen molar-refractivity contribution in [1.82, 2.24) is 14.7 Å². The number of β-amino-alcohol motifs (C(OH)–C–C–N with tert-alkyl or cyclic N) is 1. The SMILES string of the molecule is Cc1ccc(NC(=O)N2C[C@H](O)[C@H](O)CN3[C@H](CN(C)C(C)C)[C@H](c4ccc(C#Cc5ccccc5)cc4)[C@@H]3C2)cc1. The van der Waals surface area contributed by atoms with Crippen LogP contribution in [0.5, 0.6) is 0 Å². The van der Waals surface area contributed by atoms with Gasteiger partial charge in [0.25, 0.3) is 0 Å². The third-order valence-corrected chi connectivity index (χ3v) is 8.71. The summed E-state index contributed by atoms with van der Waals surface area (Å²) in [6.45, 7) is 8.05. The maximum atomic E-state index is 13.5. The summed E-state index contributed by atoms with van der Waals surface area (Å²) in [6.07, 6.45) is -1.98. The standard InChI is InChI=1S/C35H42N4O3/c1-24(2)37(4)20-30-34(28-16-14-27(15-17-28)13-12-26-8-6-5-7-9-26)31-21-38(22-32(40)33(41)23-39(30)31)35(42)36-29-18-10-25(3)11-19-29/h5-11,14-19,24,30-34,40-41H,20-23H2,1-4H3,(H,36,42)/t30-,31+,32+,33-,34+/m1/s1. The molecule has 0 spiro atoms. The zero-order chi connectivity index (χ0) is 29.8. The van der Waals surface area contributed by atoms with Crippen LogP contribution >= 0.6 is 0 Å². The molecule has 2 aliphatic heterocycles. The molecule has 3 aromatic rings. The van der Waals surface area contributed by atoms with Crippen molar-refractivity contribution in [3.05, 3.63) is 101 Å². The summed E-state index contributed by atoms with van der Waals surface area (Å²) in [4.78, 5) is 19.7. The van der Waals surface area contributed by atoms with Crippen molar-refractivity contribution in [1.29, 1.82) is 0 Å². The zero-order valence-electron chi connectivity index (χ0n) is 24.9. The molecule has 7 nitrogen and oxygen atoms in total. The molecule has 42 heavy (non-hydrogen) atoms. The lowest BCUT2D eigenvalue weighted by atomic mass is 9.73. The van der Waals surface area contributed by atoms with Crippen LogP contribution < -0.4 is 5.32 Å². The predicted molar refractivity (Wildman–Crippen MR) is 167 cm³/mol. The van der Waals surface area contributed by atoms with Gasteiger partial charge in [-0.25, -0.2) is 4.79 Å². The molecule has 0 unspecified atom stereocenters. The van der Waals surface area contributed by atoms with Crippen LogP contribution in [0.25, 0.3) is 0 Å². The second-order valence-electron chi connectivity index (χ2n) is 12.0. The molecule has 0 aromatic heterocycles. The molecule has 7 heteroatoms. The molecule has 0 radical (unpaired) electrons. The molecular weight excluding hydrogens is 524 g/mol. The van der Waals surface area contributed by atoms with Crippen LogP contribution in [-0.2, 0) is 0 Å². The van der Waals surface area contributed by atoms with Gasteiger partial charge < -0.3 is 25.3 Å². The highest BCUT2D eigenvalue weighted by Gasteiger charge is 2.52. The number of aliphatic hydroxyl groups excluding tert-OH is 2. The summed E-state index contributed by atoms with van der Waals surface area (Å²) in [5.41, 5.74) is 4.93. The van der Waals surface area contributed by atoms with Gasteiger partial charge in [0.2, 0.25) is 0 Å². The average molecular weight is 567 g/mol. The van der Waals surface area contributed by atoms with Crippen LogP contribution in [0.2, 0.25) is 0 Å². The number of nitrogens with one attached hydrogen (secondary N) is 1. The predicted octanol–water partition coefficient (Wildman–Crippen LogP) is 4.14. The lowest BCUT2D eigenvalue weighted by Gasteiger charge is -2.59. The number of nitrogens with zero attached hydrogens (tertiary/aromatic N) is 3. The minimum atomic E-state index is -1.03. The summed E-state index contributed by atoms with van der Waals surface area (Å²) in [7, 11) is 2.12. The van der Waals surface area contributed by atoms with Gasteiger partial charge in [0.05, 0.1) is 18.8 Å². The Morgan fingerprint density at radius 3 is 2.17 bits per heavy atom. The molecule has 2 heterocycles. The second-order valence-corrected chi connectivity index (χ2v) is 12.0. The summed E-state index contributed by atoms with van der Waals surface area (Å²) >= 11 is 0. The Hall–Kier alpha value is -3.67. The maximum absolute atomic E-state index is 13.5. The largest absolute Gasteiger partial charge is 0.389 e. The number of anilines is 1. The van der Waals surface area contributed by atoms with Gasteiger partial charge in [-0.3, -0.25) is 4.90 Å². The molecule has 2 amide bonds. The van der Waals surface area contributed by atoms with Gasteiger partial charge in [0, 0.05) is 60.5 Å². The highest BCUT2D eigenvalue weighted by molar-refractivity contribution is 5.89. The average Bonchev–Trinajstić information content (AvgIpc) is 2.98. The number of carbonyl (C=O) groups is 1. The van der Waals surface area contributed by atoms with Crippen molar-refractivity contribution in [2.75, 3.05) is 38.5 Å². The maximum Gasteiger partial charge on any atom is 0.321 e. The summed E-state index contributed by atoms with van der Waals surface area (Å²) < 4.78 is 0. The number of aliphatic hydroxyl groups is 2. The first kappa shape index (κ1) is 29.8. The van der Waals surface area contributed by atoms with E-state index >= 15 is 0 Å². The lowest BCUT2D eigenvalue weighted by molar-refractivity contribution is -0.107. The number of carbonyl (C=O) groups excluding carboxylic acids is 1. The summed E-state index contributed by atoms with van der Waals surface area (Å²) in [5.74, 6) is 6.65. The third-order valence-electron chi connectivity index (χ3n) is 8.71. The monoisotopic (exact) mass is 566 g/mol. The Morgan fingerprint density at radius 1 is 0.905 bits per heavy atom. The molecule has 2 aliphatic rings. The van der Waals surface area contributed by atoms with Crippen molar-refractivity contribution in [3.8, 4) is 11.8 Å². The first-order valence-corrected chi connectivity index (χ1v) is 14.8. The van der Waals surface area contributed by atoms with E-state index in [-0.39, 0.29) is 30.6 Å². The van der Waals surface area contributed by atoms with Crippen molar-refractivity contribution in [3.63, 3.8) is 0 Å².